The van der Waals surface area contributed by atoms with E-state index < -0.39 is 18.1 Å². The molecule has 0 aliphatic carbocycles. The molecule has 0 fully saturated rings. The van der Waals surface area contributed by atoms with E-state index in [0.29, 0.717) is 33.4 Å². The van der Waals surface area contributed by atoms with E-state index in [1.165, 1.54) is 0 Å². The third kappa shape index (κ3) is 5.60. The highest BCUT2D eigenvalue weighted by atomic mass is 35.5. The molecule has 3 rings (SSSR count). The molecule has 0 saturated heterocycles. The van der Waals surface area contributed by atoms with Crippen LogP contribution in [0.1, 0.15) is 44.4 Å². The monoisotopic (exact) mass is 473 g/mol. The number of ether oxygens (including phenoxy) is 1. The summed E-state index contributed by atoms with van der Waals surface area (Å²) in [5, 5.41) is 12.2. The molecule has 2 aromatic carbocycles. The number of nitrogens with zero attached hydrogens (tertiary/aromatic N) is 2. The van der Waals surface area contributed by atoms with E-state index in [2.05, 4.69) is 5.32 Å². The molecule has 2 aromatic rings. The van der Waals surface area contributed by atoms with E-state index in [4.69, 9.17) is 33.2 Å². The number of halogens is 2. The van der Waals surface area contributed by atoms with Gasteiger partial charge in [-0.3, -0.25) is 9.59 Å². The summed E-state index contributed by atoms with van der Waals surface area (Å²) in [6, 6.07) is 14.4. The Bertz CT molecular complexity index is 1060. The first-order valence-corrected chi connectivity index (χ1v) is 11.0. The van der Waals surface area contributed by atoms with Crippen LogP contribution < -0.4 is 10.2 Å². The average Bonchev–Trinajstić information content (AvgIpc) is 2.82. The van der Waals surface area contributed by atoms with Gasteiger partial charge in [-0.15, -0.1) is 0 Å². The van der Waals surface area contributed by atoms with Gasteiger partial charge in [-0.1, -0.05) is 62.2 Å². The van der Waals surface area contributed by atoms with Crippen molar-refractivity contribution in [3.63, 3.8) is 0 Å². The van der Waals surface area contributed by atoms with Crippen molar-refractivity contribution in [2.45, 2.75) is 39.4 Å². The van der Waals surface area contributed by atoms with Gasteiger partial charge in [0.05, 0.1) is 12.5 Å². The quantitative estimate of drug-likeness (QED) is 0.626. The van der Waals surface area contributed by atoms with Gasteiger partial charge in [0.15, 0.2) is 0 Å². The largest absolute Gasteiger partial charge is 0.355 e. The Labute approximate surface area is 198 Å². The molecule has 0 unspecified atom stereocenters. The van der Waals surface area contributed by atoms with E-state index in [1.807, 2.05) is 45.0 Å². The summed E-state index contributed by atoms with van der Waals surface area (Å²) in [5.41, 5.74) is 1.82. The second-order valence-corrected chi connectivity index (χ2v) is 9.70. The van der Waals surface area contributed by atoms with Crippen molar-refractivity contribution >= 4 is 40.7 Å². The fraction of sp³-hybridized carbons (Fsp3) is 0.375. The Balaban J connectivity index is 2.14. The Hall–Kier alpha value is -2.59. The maximum Gasteiger partial charge on any atom is 0.256 e. The molecule has 32 heavy (non-hydrogen) atoms. The van der Waals surface area contributed by atoms with E-state index in [0.717, 1.165) is 0 Å². The van der Waals surface area contributed by atoms with Gasteiger partial charge in [-0.2, -0.15) is 5.26 Å². The van der Waals surface area contributed by atoms with Gasteiger partial charge >= 0.3 is 0 Å². The van der Waals surface area contributed by atoms with Gasteiger partial charge in [0.25, 0.3) is 5.91 Å². The predicted molar refractivity (Wildman–Crippen MR) is 125 cm³/mol. The SMILES string of the molecule is CC(C)(C)CN1C(=O)[C@@H](CC(=O)NCC#N)O[C@H](c2ccccc2Cl)c2cc(Cl)ccc21. The molecule has 2 amide bonds. The first kappa shape index (κ1) is 24.1. The third-order valence-corrected chi connectivity index (χ3v) is 5.54. The van der Waals surface area contributed by atoms with Crippen LogP contribution in [0.25, 0.3) is 0 Å². The number of carbonyl (C=O) groups excluding carboxylic acids is 2. The van der Waals surface area contributed by atoms with E-state index in [-0.39, 0.29) is 24.3 Å². The summed E-state index contributed by atoms with van der Waals surface area (Å²) < 4.78 is 6.29. The summed E-state index contributed by atoms with van der Waals surface area (Å²) >= 11 is 12.8. The number of benzene rings is 2. The molecule has 168 valence electrons. The smallest absolute Gasteiger partial charge is 0.256 e. The van der Waals surface area contributed by atoms with Gasteiger partial charge in [0.2, 0.25) is 5.91 Å². The second kappa shape index (κ2) is 9.91. The molecule has 1 aliphatic heterocycles. The van der Waals surface area contributed by atoms with Crippen LogP contribution in [0.4, 0.5) is 5.69 Å². The molecule has 2 atom stereocenters. The summed E-state index contributed by atoms with van der Waals surface area (Å²) in [5.74, 6) is -0.771. The molecule has 8 heteroatoms. The van der Waals surface area contributed by atoms with Crippen molar-refractivity contribution in [3.05, 3.63) is 63.6 Å². The predicted octanol–water partition coefficient (Wildman–Crippen LogP) is 4.89. The van der Waals surface area contributed by atoms with Crippen molar-refractivity contribution in [1.29, 1.82) is 5.26 Å². The topological polar surface area (TPSA) is 82.4 Å². The van der Waals surface area contributed by atoms with Gasteiger partial charge in [-0.25, -0.2) is 0 Å². The highest BCUT2D eigenvalue weighted by Crippen LogP contribution is 2.42. The molecule has 0 spiro atoms. The zero-order valence-electron chi connectivity index (χ0n) is 18.2. The van der Waals surface area contributed by atoms with Crippen molar-refractivity contribution < 1.29 is 14.3 Å². The van der Waals surface area contributed by atoms with E-state index >= 15 is 0 Å². The Morgan fingerprint density at radius 3 is 2.56 bits per heavy atom. The molecule has 6 nitrogen and oxygen atoms in total. The minimum absolute atomic E-state index is 0.144. The molecule has 0 bridgehead atoms. The zero-order chi connectivity index (χ0) is 23.5. The first-order valence-electron chi connectivity index (χ1n) is 10.2. The fourth-order valence-electron chi connectivity index (χ4n) is 3.65. The minimum Gasteiger partial charge on any atom is -0.355 e. The highest BCUT2D eigenvalue weighted by molar-refractivity contribution is 6.31. The number of hydrogen-bond donors (Lipinski definition) is 1. The zero-order valence-corrected chi connectivity index (χ0v) is 19.7. The summed E-state index contributed by atoms with van der Waals surface area (Å²) in [7, 11) is 0. The lowest BCUT2D eigenvalue weighted by molar-refractivity contribution is -0.138. The molecule has 0 saturated carbocycles. The molecule has 0 aromatic heterocycles. The van der Waals surface area contributed by atoms with E-state index in [1.54, 1.807) is 29.2 Å². The normalized spacial score (nSPS) is 18.5. The lowest BCUT2D eigenvalue weighted by Gasteiger charge is -2.31. The molecule has 1 aliphatic rings. The number of amides is 2. The van der Waals surface area contributed by atoms with Gasteiger partial charge in [0.1, 0.15) is 18.8 Å². The average molecular weight is 474 g/mol. The number of nitrogens with one attached hydrogen (secondary N) is 1. The highest BCUT2D eigenvalue weighted by Gasteiger charge is 2.39. The maximum atomic E-state index is 13.6. The van der Waals surface area contributed by atoms with Crippen molar-refractivity contribution in [2.75, 3.05) is 18.0 Å². The number of carbonyl (C=O) groups is 2. The van der Waals surface area contributed by atoms with Crippen LogP contribution >= 0.6 is 23.2 Å². The van der Waals surface area contributed by atoms with Crippen LogP contribution in [0.3, 0.4) is 0 Å². The summed E-state index contributed by atoms with van der Waals surface area (Å²) in [6.07, 6.45) is -1.99. The van der Waals surface area contributed by atoms with Gasteiger partial charge < -0.3 is 15.0 Å². The standard InChI is InChI=1S/C24H25Cl2N3O3/c1-24(2,3)14-29-19-9-8-15(25)12-17(19)22(16-6-4-5-7-18(16)26)32-20(23(29)31)13-21(30)28-11-10-27/h4-9,12,20,22H,11,13-14H2,1-3H3,(H,28,30)/t20-,22-/m1/s1. The lowest BCUT2D eigenvalue weighted by atomic mass is 9.94. The Morgan fingerprint density at radius 2 is 1.91 bits per heavy atom. The Morgan fingerprint density at radius 1 is 1.19 bits per heavy atom. The molecular formula is C24H25Cl2N3O3. The van der Waals surface area contributed by atoms with Crippen molar-refractivity contribution in [1.82, 2.24) is 5.32 Å². The van der Waals surface area contributed by atoms with Gasteiger partial charge in [0, 0.05) is 33.4 Å². The van der Waals surface area contributed by atoms with E-state index in [9.17, 15) is 9.59 Å². The first-order chi connectivity index (χ1) is 15.1. The second-order valence-electron chi connectivity index (χ2n) is 8.85. The number of anilines is 1. The molecule has 0 radical (unpaired) electrons. The molecule has 1 heterocycles. The number of hydrogen-bond acceptors (Lipinski definition) is 4. The van der Waals surface area contributed by atoms with Crippen LogP contribution in [0.2, 0.25) is 10.0 Å². The summed E-state index contributed by atoms with van der Waals surface area (Å²) in [6.45, 7) is 6.36. The number of rotatable bonds is 5. The van der Waals surface area contributed by atoms with Gasteiger partial charge in [-0.05, 0) is 29.7 Å². The summed E-state index contributed by atoms with van der Waals surface area (Å²) in [4.78, 5) is 27.7. The fourth-order valence-corrected chi connectivity index (χ4v) is 4.06. The van der Waals surface area contributed by atoms with Crippen LogP contribution in [0.5, 0.6) is 0 Å². The lowest BCUT2D eigenvalue weighted by Crippen LogP contribution is -2.45. The van der Waals surface area contributed by atoms with Crippen LogP contribution in [0.15, 0.2) is 42.5 Å². The molecule has 1 N–H and O–H groups in total. The Kier molecular flexibility index (Phi) is 7.45. The maximum absolute atomic E-state index is 13.6. The van der Waals surface area contributed by atoms with Crippen LogP contribution in [-0.4, -0.2) is 31.0 Å². The van der Waals surface area contributed by atoms with Crippen LogP contribution in [-0.2, 0) is 14.3 Å². The number of nitriles is 1. The third-order valence-electron chi connectivity index (χ3n) is 4.96. The van der Waals surface area contributed by atoms with Crippen LogP contribution in [0, 0.1) is 16.7 Å². The molecular weight excluding hydrogens is 449 g/mol. The van der Waals surface area contributed by atoms with Crippen molar-refractivity contribution in [3.8, 4) is 6.07 Å². The number of fused-ring (bicyclic) bond motifs is 1. The van der Waals surface area contributed by atoms with Crippen molar-refractivity contribution in [2.24, 2.45) is 5.41 Å². The minimum atomic E-state index is -1.07.